The highest BCUT2D eigenvalue weighted by atomic mass is 15.4. The van der Waals surface area contributed by atoms with Crippen molar-refractivity contribution in [2.45, 2.75) is 39.7 Å². The molecule has 0 aliphatic carbocycles. The van der Waals surface area contributed by atoms with Gasteiger partial charge in [0.2, 0.25) is 0 Å². The number of aryl methyl sites for hydroxylation is 1. The van der Waals surface area contributed by atoms with Gasteiger partial charge in [-0.1, -0.05) is 13.8 Å². The molecule has 0 spiro atoms. The molecule has 0 radical (unpaired) electrons. The highest BCUT2D eigenvalue weighted by molar-refractivity contribution is 5.67. The summed E-state index contributed by atoms with van der Waals surface area (Å²) in [6, 6.07) is 0.622. The van der Waals surface area contributed by atoms with Crippen LogP contribution in [0.25, 0.3) is 0 Å². The van der Waals surface area contributed by atoms with Crippen LogP contribution in [-0.2, 0) is 7.05 Å². The van der Waals surface area contributed by atoms with Crippen LogP contribution in [0.3, 0.4) is 0 Å². The largest absolute Gasteiger partial charge is 0.394 e. The Morgan fingerprint density at radius 3 is 2.05 bits per heavy atom. The molecular formula is C14H27N5. The molecule has 0 amide bonds. The van der Waals surface area contributed by atoms with Gasteiger partial charge in [0.15, 0.2) is 5.82 Å². The van der Waals surface area contributed by atoms with E-state index in [2.05, 4.69) is 42.6 Å². The van der Waals surface area contributed by atoms with E-state index in [0.29, 0.717) is 12.0 Å². The molecule has 2 heterocycles. The van der Waals surface area contributed by atoms with Gasteiger partial charge in [0.1, 0.15) is 0 Å². The van der Waals surface area contributed by atoms with Crippen LogP contribution < -0.4 is 10.6 Å². The molecule has 1 fully saturated rings. The first-order valence-corrected chi connectivity index (χ1v) is 7.23. The molecule has 19 heavy (non-hydrogen) atoms. The van der Waals surface area contributed by atoms with Gasteiger partial charge in [-0.25, -0.2) is 0 Å². The molecule has 1 aromatic heterocycles. The molecule has 0 saturated carbocycles. The molecule has 0 aromatic carbocycles. The fourth-order valence-corrected chi connectivity index (χ4v) is 2.80. The van der Waals surface area contributed by atoms with Crippen LogP contribution in [0.2, 0.25) is 0 Å². The molecule has 5 heteroatoms. The molecule has 0 unspecified atom stereocenters. The summed E-state index contributed by atoms with van der Waals surface area (Å²) in [6.07, 6.45) is 0. The van der Waals surface area contributed by atoms with Gasteiger partial charge in [-0.3, -0.25) is 9.58 Å². The van der Waals surface area contributed by atoms with E-state index >= 15 is 0 Å². The predicted molar refractivity (Wildman–Crippen MR) is 80.6 cm³/mol. The van der Waals surface area contributed by atoms with Gasteiger partial charge in [-0.05, 0) is 19.8 Å². The Bertz CT molecular complexity index is 427. The minimum Gasteiger partial charge on any atom is -0.394 e. The molecule has 2 rings (SSSR count). The second-order valence-corrected chi connectivity index (χ2v) is 6.02. The van der Waals surface area contributed by atoms with E-state index in [9.17, 15) is 0 Å². The third-order valence-electron chi connectivity index (χ3n) is 3.97. The van der Waals surface area contributed by atoms with Crippen molar-refractivity contribution in [3.05, 3.63) is 5.69 Å². The molecular weight excluding hydrogens is 238 g/mol. The monoisotopic (exact) mass is 265 g/mol. The first-order valence-electron chi connectivity index (χ1n) is 7.23. The number of aromatic nitrogens is 2. The van der Waals surface area contributed by atoms with Crippen molar-refractivity contribution in [3.8, 4) is 0 Å². The number of anilines is 2. The van der Waals surface area contributed by atoms with Crippen molar-refractivity contribution in [1.29, 1.82) is 0 Å². The quantitative estimate of drug-likeness (QED) is 0.903. The van der Waals surface area contributed by atoms with E-state index in [1.165, 1.54) is 0 Å². The van der Waals surface area contributed by atoms with Crippen LogP contribution in [0.1, 0.15) is 39.3 Å². The number of rotatable bonds is 3. The third kappa shape index (κ3) is 2.71. The van der Waals surface area contributed by atoms with Crippen molar-refractivity contribution in [1.82, 2.24) is 14.7 Å². The average molecular weight is 265 g/mol. The minimum atomic E-state index is 0.372. The molecule has 0 atom stereocenters. The van der Waals surface area contributed by atoms with Crippen LogP contribution in [0.5, 0.6) is 0 Å². The summed E-state index contributed by atoms with van der Waals surface area (Å²) in [5.74, 6) is 1.46. The lowest BCUT2D eigenvalue weighted by atomic mass is 10.1. The maximum absolute atomic E-state index is 6.29. The molecule has 5 nitrogen and oxygen atoms in total. The summed E-state index contributed by atoms with van der Waals surface area (Å²) in [4.78, 5) is 4.87. The highest BCUT2D eigenvalue weighted by Crippen LogP contribution is 2.31. The fraction of sp³-hybridized carbons (Fsp3) is 0.786. The van der Waals surface area contributed by atoms with Gasteiger partial charge in [-0.15, -0.1) is 0 Å². The number of nitrogen functional groups attached to an aromatic ring is 1. The average Bonchev–Trinajstić information content (AvgIpc) is 2.65. The summed E-state index contributed by atoms with van der Waals surface area (Å²) in [6.45, 7) is 13.0. The number of nitrogens with zero attached hydrogens (tertiary/aromatic N) is 4. The Kier molecular flexibility index (Phi) is 4.04. The Morgan fingerprint density at radius 2 is 1.63 bits per heavy atom. The van der Waals surface area contributed by atoms with E-state index in [-0.39, 0.29) is 0 Å². The van der Waals surface area contributed by atoms with Crippen LogP contribution in [-0.4, -0.2) is 46.9 Å². The van der Waals surface area contributed by atoms with E-state index in [0.717, 1.165) is 43.4 Å². The van der Waals surface area contributed by atoms with Gasteiger partial charge in [0.25, 0.3) is 0 Å². The van der Waals surface area contributed by atoms with Gasteiger partial charge < -0.3 is 10.6 Å². The van der Waals surface area contributed by atoms with Crippen molar-refractivity contribution < 1.29 is 0 Å². The van der Waals surface area contributed by atoms with Crippen molar-refractivity contribution in [2.75, 3.05) is 36.8 Å². The number of nitrogens with two attached hydrogens (primary N) is 1. The maximum atomic E-state index is 6.29. The lowest BCUT2D eigenvalue weighted by molar-refractivity contribution is 0.208. The summed E-state index contributed by atoms with van der Waals surface area (Å²) >= 11 is 0. The van der Waals surface area contributed by atoms with Gasteiger partial charge in [0, 0.05) is 39.3 Å². The number of hydrogen-bond donors (Lipinski definition) is 1. The highest BCUT2D eigenvalue weighted by Gasteiger charge is 2.25. The van der Waals surface area contributed by atoms with E-state index < -0.39 is 0 Å². The minimum absolute atomic E-state index is 0.372. The Balaban J connectivity index is 2.16. The Labute approximate surface area is 116 Å². The van der Waals surface area contributed by atoms with Crippen LogP contribution in [0.4, 0.5) is 11.5 Å². The molecule has 2 N–H and O–H groups in total. The predicted octanol–water partition coefficient (Wildman–Crippen LogP) is 1.66. The maximum Gasteiger partial charge on any atom is 0.150 e. The SMILES string of the molecule is CC(C)c1nn(C)c(N2CCN(C(C)C)CC2)c1N. The van der Waals surface area contributed by atoms with Gasteiger partial charge >= 0.3 is 0 Å². The second-order valence-electron chi connectivity index (χ2n) is 6.02. The van der Waals surface area contributed by atoms with Crippen molar-refractivity contribution >= 4 is 11.5 Å². The third-order valence-corrected chi connectivity index (χ3v) is 3.97. The summed E-state index contributed by atoms with van der Waals surface area (Å²) in [7, 11) is 1.99. The zero-order chi connectivity index (χ0) is 14.2. The Morgan fingerprint density at radius 1 is 1.05 bits per heavy atom. The number of hydrogen-bond acceptors (Lipinski definition) is 4. The second kappa shape index (κ2) is 5.41. The van der Waals surface area contributed by atoms with E-state index in [1.807, 2.05) is 11.7 Å². The topological polar surface area (TPSA) is 50.3 Å². The molecule has 1 aliphatic heterocycles. The van der Waals surface area contributed by atoms with E-state index in [1.54, 1.807) is 0 Å². The molecule has 1 aliphatic rings. The zero-order valence-corrected chi connectivity index (χ0v) is 12.8. The standard InChI is InChI=1S/C14H27N5/c1-10(2)13-12(15)14(17(5)16-13)19-8-6-18(7-9-19)11(3)4/h10-11H,6-9,15H2,1-5H3. The fourth-order valence-electron chi connectivity index (χ4n) is 2.80. The molecule has 1 saturated heterocycles. The lowest BCUT2D eigenvalue weighted by Gasteiger charge is -2.38. The lowest BCUT2D eigenvalue weighted by Crippen LogP contribution is -2.49. The Hall–Kier alpha value is -1.23. The van der Waals surface area contributed by atoms with Crippen molar-refractivity contribution in [2.24, 2.45) is 7.05 Å². The van der Waals surface area contributed by atoms with E-state index in [4.69, 9.17) is 5.73 Å². The van der Waals surface area contributed by atoms with Crippen LogP contribution >= 0.6 is 0 Å². The molecule has 0 bridgehead atoms. The molecule has 108 valence electrons. The van der Waals surface area contributed by atoms with Gasteiger partial charge in [0.05, 0.1) is 11.4 Å². The summed E-state index contributed by atoms with van der Waals surface area (Å²) in [5, 5.41) is 4.58. The van der Waals surface area contributed by atoms with Crippen molar-refractivity contribution in [3.63, 3.8) is 0 Å². The zero-order valence-electron chi connectivity index (χ0n) is 12.8. The van der Waals surface area contributed by atoms with Gasteiger partial charge in [-0.2, -0.15) is 5.10 Å². The van der Waals surface area contributed by atoms with Crippen LogP contribution in [0, 0.1) is 0 Å². The molecule has 1 aromatic rings. The summed E-state index contributed by atoms with van der Waals surface area (Å²) < 4.78 is 1.94. The normalized spacial score (nSPS) is 17.7. The smallest absolute Gasteiger partial charge is 0.150 e. The summed E-state index contributed by atoms with van der Waals surface area (Å²) in [5.41, 5.74) is 8.17. The first-order chi connectivity index (χ1) is 8.91. The first kappa shape index (κ1) is 14.2. The van der Waals surface area contributed by atoms with Crippen LogP contribution in [0.15, 0.2) is 0 Å². The number of piperazine rings is 1.